The molecule has 0 unspecified atom stereocenters. The smallest absolute Gasteiger partial charge is 0.852 e. The zero-order valence-corrected chi connectivity index (χ0v) is 24.4. The maximum absolute atomic E-state index is 11.2. The first kappa shape index (κ1) is 40.5. The summed E-state index contributed by atoms with van der Waals surface area (Å²) in [6.45, 7) is 10.6. The molecule has 1 radical (unpaired) electrons. The minimum Gasteiger partial charge on any atom is -0.852 e. The molecule has 6 heteroatoms. The number of ketones is 1. The van der Waals surface area contributed by atoms with Crippen LogP contribution < -0.4 is 10.2 Å². The van der Waals surface area contributed by atoms with Crippen molar-refractivity contribution < 1.29 is 24.5 Å². The van der Waals surface area contributed by atoms with Gasteiger partial charge in [0.25, 0.3) is 0 Å². The Morgan fingerprint density at radius 1 is 0.706 bits per heavy atom. The van der Waals surface area contributed by atoms with E-state index in [0.29, 0.717) is 6.61 Å². The molecule has 0 aliphatic rings. The number of allylic oxidation sites excluding steroid dienone is 2. The van der Waals surface area contributed by atoms with Crippen LogP contribution >= 0.6 is 0 Å². The Balaban J connectivity index is -0.000000430. The van der Waals surface area contributed by atoms with E-state index in [4.69, 9.17) is 4.74 Å². The molecule has 0 spiro atoms. The second kappa shape index (κ2) is 34.5. The normalized spacial score (nSPS) is 10.3. The number of hydrogen-bond donors (Lipinski definition) is 0. The molecule has 0 aliphatic carbocycles. The van der Waals surface area contributed by atoms with Crippen LogP contribution in [0, 0.1) is 0 Å². The van der Waals surface area contributed by atoms with Gasteiger partial charge >= 0.3 is 23.3 Å². The van der Waals surface area contributed by atoms with Crippen LogP contribution in [0.1, 0.15) is 138 Å². The third-order valence-corrected chi connectivity index (χ3v) is 4.31. The second-order valence-corrected chi connectivity index (χ2v) is 9.13. The Hall–Kier alpha value is -0.668. The van der Waals surface area contributed by atoms with E-state index >= 15 is 0 Å². The van der Waals surface area contributed by atoms with Gasteiger partial charge in [-0.15, -0.1) is 12.2 Å². The molecule has 0 N–H and O–H groups in total. The first-order chi connectivity index (χ1) is 15.6. The van der Waals surface area contributed by atoms with Crippen molar-refractivity contribution >= 4 is 29.1 Å². The fourth-order valence-corrected chi connectivity index (χ4v) is 2.79. The van der Waals surface area contributed by atoms with E-state index in [0.717, 1.165) is 12.8 Å². The van der Waals surface area contributed by atoms with Crippen molar-refractivity contribution in [3.63, 3.8) is 0 Å². The Kier molecular flexibility index (Phi) is 41.1. The van der Waals surface area contributed by atoms with Gasteiger partial charge < -0.3 is 14.9 Å². The summed E-state index contributed by atoms with van der Waals surface area (Å²) in [7, 11) is 0. The number of rotatable bonds is 18. The van der Waals surface area contributed by atoms with Crippen LogP contribution in [0.4, 0.5) is 0 Å². The third kappa shape index (κ3) is 57.8. The van der Waals surface area contributed by atoms with Gasteiger partial charge in [0, 0.05) is 0 Å². The summed E-state index contributed by atoms with van der Waals surface area (Å²) in [6, 6.07) is 0. The molecule has 0 saturated heterocycles. The van der Waals surface area contributed by atoms with Crippen molar-refractivity contribution in [1.29, 1.82) is 0 Å². The number of ether oxygens (including phenoxy) is 1. The molecular formula is C28H54AlO5. The van der Waals surface area contributed by atoms with Gasteiger partial charge in [-0.1, -0.05) is 105 Å². The molecule has 0 atom stereocenters. The van der Waals surface area contributed by atoms with Gasteiger partial charge in [0.15, 0.2) is 0 Å². The molecule has 0 amide bonds. The van der Waals surface area contributed by atoms with Crippen LogP contribution in [0.15, 0.2) is 12.2 Å². The zero-order chi connectivity index (χ0) is 25.7. The van der Waals surface area contributed by atoms with Crippen molar-refractivity contribution in [3.8, 4) is 0 Å². The quantitative estimate of drug-likeness (QED) is 0.0799. The summed E-state index contributed by atoms with van der Waals surface area (Å²) < 4.78 is 5.00. The van der Waals surface area contributed by atoms with E-state index in [-0.39, 0.29) is 35.5 Å². The topological polar surface area (TPSA) is 89.5 Å². The summed E-state index contributed by atoms with van der Waals surface area (Å²) >= 11 is 0. The first-order valence-corrected chi connectivity index (χ1v) is 13.2. The predicted octanol–water partition coefficient (Wildman–Crippen LogP) is 5.68. The van der Waals surface area contributed by atoms with E-state index in [2.05, 4.69) is 19.1 Å². The van der Waals surface area contributed by atoms with Crippen LogP contribution in [0.5, 0.6) is 0 Å². The Bertz CT molecular complexity index is 425. The van der Waals surface area contributed by atoms with Crippen molar-refractivity contribution in [3.05, 3.63) is 12.2 Å². The predicted molar refractivity (Wildman–Crippen MR) is 142 cm³/mol. The summed E-state index contributed by atoms with van der Waals surface area (Å²) in [4.78, 5) is 21.9. The van der Waals surface area contributed by atoms with Gasteiger partial charge in [-0.05, 0) is 39.0 Å². The van der Waals surface area contributed by atoms with E-state index in [9.17, 15) is 19.8 Å². The van der Waals surface area contributed by atoms with Crippen molar-refractivity contribution in [2.75, 3.05) is 6.61 Å². The summed E-state index contributed by atoms with van der Waals surface area (Å²) in [6.07, 6.45) is 21.5. The molecule has 0 bridgehead atoms. The van der Waals surface area contributed by atoms with Crippen LogP contribution in [0.2, 0.25) is 0 Å². The molecule has 0 aliphatic heterocycles. The molecule has 34 heavy (non-hydrogen) atoms. The molecule has 0 fully saturated rings. The molecule has 0 aromatic rings. The number of Topliss-reactive ketones (excluding diaryl/α,β-unsaturated/α-hetero) is 1. The van der Waals surface area contributed by atoms with Crippen molar-refractivity contribution in [1.82, 2.24) is 0 Å². The molecule has 199 valence electrons. The monoisotopic (exact) mass is 497 g/mol. The van der Waals surface area contributed by atoms with Gasteiger partial charge in [-0.2, -0.15) is 0 Å². The molecule has 0 saturated carbocycles. The second-order valence-electron chi connectivity index (χ2n) is 9.13. The van der Waals surface area contributed by atoms with E-state index in [1.165, 1.54) is 84.0 Å². The van der Waals surface area contributed by atoms with Crippen LogP contribution in [-0.4, -0.2) is 47.9 Å². The summed E-state index contributed by atoms with van der Waals surface area (Å²) in [5.41, 5.74) is 0. The fourth-order valence-electron chi connectivity index (χ4n) is 2.79. The van der Waals surface area contributed by atoms with Crippen molar-refractivity contribution in [2.45, 2.75) is 150 Å². The number of unbranched alkanes of at least 4 members (excludes halogenated alkanes) is 12. The summed E-state index contributed by atoms with van der Waals surface area (Å²) in [5.74, 6) is -0.522. The average molecular weight is 498 g/mol. The standard InChI is InChI=1S/C22H40O3.2C3H7O.Al/c1-3-4-5-6-7-8-9-10-11-12-13-14-15-16-17-18-19-25-22(24)20-21(2)23;2*1-3(2)4;/h10-11H,3-9,12-20H2,1-2H3;2*3H,1-2H3;/q;2*-1;+2. The van der Waals surface area contributed by atoms with Gasteiger partial charge in [0.05, 0.1) is 6.61 Å². The number of hydrogen-bond acceptors (Lipinski definition) is 5. The molecule has 0 heterocycles. The maximum Gasteiger partial charge on any atom is 2.00 e. The maximum atomic E-state index is 11.2. The van der Waals surface area contributed by atoms with Crippen LogP contribution in [0.25, 0.3) is 0 Å². The zero-order valence-electron chi connectivity index (χ0n) is 23.2. The minimum absolute atomic E-state index is 0. The van der Waals surface area contributed by atoms with E-state index < -0.39 is 12.2 Å². The van der Waals surface area contributed by atoms with Gasteiger partial charge in [-0.3, -0.25) is 9.59 Å². The SMILES string of the molecule is CC(C)[O-].CC(C)[O-].CCCCCCCCC=CCCCCCCCCOC(=O)CC(C)=O.[Al+2]. The number of carbonyl (C=O) groups is 2. The van der Waals surface area contributed by atoms with Gasteiger partial charge in [-0.25, -0.2) is 0 Å². The largest absolute Gasteiger partial charge is 2.00 e. The minimum atomic E-state index is -0.417. The third-order valence-electron chi connectivity index (χ3n) is 4.31. The average Bonchev–Trinajstić information content (AvgIpc) is 2.69. The molecule has 0 aromatic carbocycles. The first-order valence-electron chi connectivity index (χ1n) is 13.2. The Morgan fingerprint density at radius 2 is 1.06 bits per heavy atom. The van der Waals surface area contributed by atoms with Crippen LogP contribution in [-0.2, 0) is 14.3 Å². The molecule has 0 rings (SSSR count). The summed E-state index contributed by atoms with van der Waals surface area (Å²) in [5, 5.41) is 19.1. The number of esters is 1. The number of carbonyl (C=O) groups excluding carboxylic acids is 2. The van der Waals surface area contributed by atoms with Gasteiger partial charge in [0.2, 0.25) is 0 Å². The molecule has 0 aromatic heterocycles. The van der Waals surface area contributed by atoms with Crippen LogP contribution in [0.3, 0.4) is 0 Å². The van der Waals surface area contributed by atoms with Crippen molar-refractivity contribution in [2.24, 2.45) is 0 Å². The van der Waals surface area contributed by atoms with E-state index in [1.54, 1.807) is 27.7 Å². The fraction of sp³-hybridized carbons (Fsp3) is 0.857. The van der Waals surface area contributed by atoms with Gasteiger partial charge in [0.1, 0.15) is 12.2 Å². The van der Waals surface area contributed by atoms with E-state index in [1.807, 2.05) is 0 Å². The molecular weight excluding hydrogens is 443 g/mol. The Labute approximate surface area is 222 Å². The molecule has 5 nitrogen and oxygen atoms in total. The Morgan fingerprint density at radius 3 is 1.44 bits per heavy atom.